The number of carbonyl (C=O) groups is 1. The molecule has 0 aromatic heterocycles. The molecule has 1 amide bonds. The maximum atomic E-state index is 12.2. The van der Waals surface area contributed by atoms with E-state index in [0.717, 1.165) is 37.2 Å². The van der Waals surface area contributed by atoms with E-state index in [-0.39, 0.29) is 18.2 Å². The molecular weight excluding hydrogens is 270 g/mol. The summed E-state index contributed by atoms with van der Waals surface area (Å²) in [5.74, 6) is 0.370. The van der Waals surface area contributed by atoms with Crippen LogP contribution in [-0.2, 0) is 11.3 Å². The third-order valence-corrected chi connectivity index (χ3v) is 4.41. The first kappa shape index (κ1) is 14.2. The minimum Gasteiger partial charge on any atom is -0.504 e. The third-order valence-electron chi connectivity index (χ3n) is 4.41. The maximum Gasteiger partial charge on any atom is 0.240 e. The number of fused-ring (bicyclic) bond motifs is 2. The molecule has 0 radical (unpaired) electrons. The predicted octanol–water partition coefficient (Wildman–Crippen LogP) is 0.670. The van der Waals surface area contributed by atoms with E-state index >= 15 is 0 Å². The second-order valence-corrected chi connectivity index (χ2v) is 5.63. The molecule has 3 rings (SSSR count). The quantitative estimate of drug-likeness (QED) is 0.837. The molecule has 0 saturated carbocycles. The Hall–Kier alpha value is -1.79. The standard InChI is InChI=1S/C15H21N3O3/c1-21-14-5-10-8-17-4-2-3-11(17)9-18(15(20)7-16)12(10)6-13(14)19/h5-6,11,19H,2-4,7-9,16H2,1H3/t11-/m0/s1. The molecule has 0 bridgehead atoms. The number of carbonyl (C=O) groups excluding carboxylic acids is 1. The molecule has 0 aliphatic carbocycles. The average Bonchev–Trinajstić information content (AvgIpc) is 2.86. The van der Waals surface area contributed by atoms with Crippen molar-refractivity contribution >= 4 is 11.6 Å². The van der Waals surface area contributed by atoms with E-state index in [1.54, 1.807) is 11.0 Å². The zero-order valence-electron chi connectivity index (χ0n) is 12.2. The Kier molecular flexibility index (Phi) is 3.73. The van der Waals surface area contributed by atoms with Crippen LogP contribution in [0.2, 0.25) is 0 Å². The average molecular weight is 291 g/mol. The Labute approximate surface area is 124 Å². The lowest BCUT2D eigenvalue weighted by Crippen LogP contribution is -2.42. The molecule has 1 aromatic rings. The van der Waals surface area contributed by atoms with E-state index in [1.165, 1.54) is 7.11 Å². The number of phenolic OH excluding ortho intramolecular Hbond substituents is 1. The fourth-order valence-corrected chi connectivity index (χ4v) is 3.33. The van der Waals surface area contributed by atoms with Gasteiger partial charge in [0.25, 0.3) is 0 Å². The number of anilines is 1. The number of hydrogen-bond acceptors (Lipinski definition) is 5. The number of rotatable bonds is 2. The molecule has 1 saturated heterocycles. The number of hydrogen-bond donors (Lipinski definition) is 2. The Bertz CT molecular complexity index is 561. The van der Waals surface area contributed by atoms with E-state index in [4.69, 9.17) is 10.5 Å². The molecule has 21 heavy (non-hydrogen) atoms. The molecule has 3 N–H and O–H groups in total. The highest BCUT2D eigenvalue weighted by molar-refractivity contribution is 5.96. The maximum absolute atomic E-state index is 12.2. The molecule has 1 aromatic carbocycles. The summed E-state index contributed by atoms with van der Waals surface area (Å²) in [6.07, 6.45) is 2.24. The third kappa shape index (κ3) is 2.45. The number of phenols is 1. The second kappa shape index (κ2) is 5.54. The molecule has 2 aliphatic heterocycles. The lowest BCUT2D eigenvalue weighted by Gasteiger charge is -2.26. The molecule has 0 unspecified atom stereocenters. The molecule has 6 nitrogen and oxygen atoms in total. The molecule has 6 heteroatoms. The highest BCUT2D eigenvalue weighted by atomic mass is 16.5. The number of benzene rings is 1. The van der Waals surface area contributed by atoms with Crippen molar-refractivity contribution in [1.29, 1.82) is 0 Å². The minimum atomic E-state index is -0.116. The molecule has 2 aliphatic rings. The van der Waals surface area contributed by atoms with Crippen molar-refractivity contribution in [3.05, 3.63) is 17.7 Å². The van der Waals surface area contributed by atoms with Gasteiger partial charge in [0.15, 0.2) is 11.5 Å². The van der Waals surface area contributed by atoms with Crippen LogP contribution in [0.3, 0.4) is 0 Å². The Morgan fingerprint density at radius 3 is 3.05 bits per heavy atom. The number of nitrogens with two attached hydrogens (primary N) is 1. The Balaban J connectivity index is 2.07. The number of methoxy groups -OCH3 is 1. The lowest BCUT2D eigenvalue weighted by molar-refractivity contribution is -0.117. The van der Waals surface area contributed by atoms with Crippen LogP contribution in [-0.4, -0.2) is 48.7 Å². The molecule has 1 atom stereocenters. The topological polar surface area (TPSA) is 79.0 Å². The van der Waals surface area contributed by atoms with E-state index in [2.05, 4.69) is 4.90 Å². The van der Waals surface area contributed by atoms with Gasteiger partial charge in [-0.05, 0) is 31.0 Å². The van der Waals surface area contributed by atoms with Crippen molar-refractivity contribution in [2.45, 2.75) is 25.4 Å². The van der Waals surface area contributed by atoms with Crippen LogP contribution in [0.15, 0.2) is 12.1 Å². The highest BCUT2D eigenvalue weighted by Crippen LogP contribution is 2.38. The highest BCUT2D eigenvalue weighted by Gasteiger charge is 2.33. The van der Waals surface area contributed by atoms with Gasteiger partial charge in [0.05, 0.1) is 19.3 Å². The van der Waals surface area contributed by atoms with Crippen molar-refractivity contribution in [1.82, 2.24) is 4.90 Å². The van der Waals surface area contributed by atoms with Crippen molar-refractivity contribution < 1.29 is 14.6 Å². The molecule has 114 valence electrons. The van der Waals surface area contributed by atoms with E-state index in [0.29, 0.717) is 18.3 Å². The van der Waals surface area contributed by atoms with Crippen molar-refractivity contribution in [3.63, 3.8) is 0 Å². The number of nitrogens with zero attached hydrogens (tertiary/aromatic N) is 2. The van der Waals surface area contributed by atoms with Gasteiger partial charge in [0, 0.05) is 25.2 Å². The summed E-state index contributed by atoms with van der Waals surface area (Å²) < 4.78 is 5.19. The summed E-state index contributed by atoms with van der Waals surface area (Å²) in [6.45, 7) is 2.41. The van der Waals surface area contributed by atoms with E-state index in [1.807, 2.05) is 6.07 Å². The predicted molar refractivity (Wildman–Crippen MR) is 79.5 cm³/mol. The van der Waals surface area contributed by atoms with Gasteiger partial charge in [-0.25, -0.2) is 0 Å². The van der Waals surface area contributed by atoms with E-state index < -0.39 is 0 Å². The first-order chi connectivity index (χ1) is 10.1. The zero-order chi connectivity index (χ0) is 15.0. The smallest absolute Gasteiger partial charge is 0.240 e. The lowest BCUT2D eigenvalue weighted by atomic mass is 10.1. The van der Waals surface area contributed by atoms with E-state index in [9.17, 15) is 9.90 Å². The summed E-state index contributed by atoms with van der Waals surface area (Å²) in [7, 11) is 1.53. The zero-order valence-corrected chi connectivity index (χ0v) is 12.2. The van der Waals surface area contributed by atoms with Crippen LogP contribution in [0, 0.1) is 0 Å². The summed E-state index contributed by atoms with van der Waals surface area (Å²) >= 11 is 0. The van der Waals surface area contributed by atoms with Gasteiger partial charge in [0.1, 0.15) is 0 Å². The van der Waals surface area contributed by atoms with Gasteiger partial charge in [0.2, 0.25) is 5.91 Å². The van der Waals surface area contributed by atoms with Gasteiger partial charge in [-0.15, -0.1) is 0 Å². The number of aromatic hydroxyl groups is 1. The fraction of sp³-hybridized carbons (Fsp3) is 0.533. The van der Waals surface area contributed by atoms with Crippen LogP contribution in [0.5, 0.6) is 11.5 Å². The largest absolute Gasteiger partial charge is 0.504 e. The van der Waals surface area contributed by atoms with Gasteiger partial charge in [-0.3, -0.25) is 9.69 Å². The molecule has 2 heterocycles. The monoisotopic (exact) mass is 291 g/mol. The van der Waals surface area contributed by atoms with Gasteiger partial charge < -0.3 is 20.5 Å². The number of amides is 1. The SMILES string of the molecule is COc1cc2c(cc1O)N(C(=O)CN)C[C@@H]1CCCN1C2. The van der Waals surface area contributed by atoms with Gasteiger partial charge in [-0.2, -0.15) is 0 Å². The summed E-state index contributed by atoms with van der Waals surface area (Å²) in [5.41, 5.74) is 7.29. The molecular formula is C15H21N3O3. The van der Waals surface area contributed by atoms with Crippen LogP contribution in [0.1, 0.15) is 18.4 Å². The van der Waals surface area contributed by atoms with Crippen molar-refractivity contribution in [3.8, 4) is 11.5 Å². The van der Waals surface area contributed by atoms with Crippen molar-refractivity contribution in [2.24, 2.45) is 5.73 Å². The van der Waals surface area contributed by atoms with Crippen molar-refractivity contribution in [2.75, 3.05) is 31.6 Å². The van der Waals surface area contributed by atoms with Crippen LogP contribution < -0.4 is 15.4 Å². The summed E-state index contributed by atoms with van der Waals surface area (Å²) in [6, 6.07) is 3.80. The first-order valence-corrected chi connectivity index (χ1v) is 7.28. The Morgan fingerprint density at radius 1 is 1.52 bits per heavy atom. The number of ether oxygens (including phenoxy) is 1. The Morgan fingerprint density at radius 2 is 2.33 bits per heavy atom. The van der Waals surface area contributed by atoms with Gasteiger partial charge >= 0.3 is 0 Å². The normalized spacial score (nSPS) is 21.6. The van der Waals surface area contributed by atoms with Crippen LogP contribution in [0.4, 0.5) is 5.69 Å². The molecule has 0 spiro atoms. The fourth-order valence-electron chi connectivity index (χ4n) is 3.33. The van der Waals surface area contributed by atoms with Gasteiger partial charge in [-0.1, -0.05) is 0 Å². The summed E-state index contributed by atoms with van der Waals surface area (Å²) in [4.78, 5) is 16.3. The second-order valence-electron chi connectivity index (χ2n) is 5.63. The first-order valence-electron chi connectivity index (χ1n) is 7.28. The van der Waals surface area contributed by atoms with Crippen LogP contribution >= 0.6 is 0 Å². The summed E-state index contributed by atoms with van der Waals surface area (Å²) in [5, 5.41) is 10.0. The molecule has 1 fully saturated rings. The van der Waals surface area contributed by atoms with Crippen LogP contribution in [0.25, 0.3) is 0 Å². The minimum absolute atomic E-state index is 0.0288.